The predicted octanol–water partition coefficient (Wildman–Crippen LogP) is 2.44. The molecule has 7 unspecified atom stereocenters. The smallest absolute Gasteiger partial charge is 0.106 e. The van der Waals surface area contributed by atoms with Crippen LogP contribution in [0.15, 0.2) is 12.2 Å². The molecule has 4 rings (SSSR count). The summed E-state index contributed by atoms with van der Waals surface area (Å²) in [6.45, 7) is 10.0. The zero-order chi connectivity index (χ0) is 22.9. The van der Waals surface area contributed by atoms with Crippen molar-refractivity contribution < 1.29 is 29.9 Å². The van der Waals surface area contributed by atoms with Gasteiger partial charge in [0.2, 0.25) is 0 Å². The second kappa shape index (κ2) is 7.76. The van der Waals surface area contributed by atoms with Gasteiger partial charge in [-0.1, -0.05) is 32.9 Å². The second-order valence-electron chi connectivity index (χ2n) is 11.8. The molecule has 5 nitrogen and oxygen atoms in total. The van der Waals surface area contributed by atoms with Gasteiger partial charge >= 0.3 is 0 Å². The average Bonchev–Trinajstić information content (AvgIpc) is 2.98. The van der Waals surface area contributed by atoms with Crippen LogP contribution in [-0.4, -0.2) is 62.7 Å². The maximum Gasteiger partial charge on any atom is 0.106 e. The van der Waals surface area contributed by atoms with Crippen LogP contribution in [0.5, 0.6) is 0 Å². The fraction of sp³-hybridized carbons (Fsp3) is 0.920. The number of rotatable bonds is 4. The molecule has 0 aromatic carbocycles. The molecule has 4 aliphatic carbocycles. The summed E-state index contributed by atoms with van der Waals surface area (Å²) in [6, 6.07) is 0. The Kier molecular flexibility index (Phi) is 5.92. The first kappa shape index (κ1) is 23.6. The summed E-state index contributed by atoms with van der Waals surface area (Å²) < 4.78 is 15.2. The Bertz CT molecular complexity index is 716. The Morgan fingerprint density at radius 2 is 1.74 bits per heavy atom. The van der Waals surface area contributed by atoms with E-state index in [1.54, 1.807) is 0 Å². The van der Waals surface area contributed by atoms with Gasteiger partial charge in [-0.25, -0.2) is 4.39 Å². The van der Waals surface area contributed by atoms with Gasteiger partial charge in [0.15, 0.2) is 0 Å². The molecule has 0 aromatic rings. The first-order valence-corrected chi connectivity index (χ1v) is 12.1. The molecule has 0 amide bonds. The minimum atomic E-state index is -1.15. The minimum absolute atomic E-state index is 0.0364. The van der Waals surface area contributed by atoms with E-state index < -0.39 is 41.9 Å². The van der Waals surface area contributed by atoms with Crippen molar-refractivity contribution in [1.82, 2.24) is 0 Å². The summed E-state index contributed by atoms with van der Waals surface area (Å²) in [5, 5.41) is 51.7. The highest BCUT2D eigenvalue weighted by Gasteiger charge is 2.69. The molecule has 0 radical (unpaired) electrons. The Hall–Kier alpha value is -0.530. The second-order valence-corrected chi connectivity index (χ2v) is 11.8. The van der Waals surface area contributed by atoms with E-state index >= 15 is 4.39 Å². The molecule has 6 heteroatoms. The molecular formula is C25H41FO5. The van der Waals surface area contributed by atoms with Crippen LogP contribution in [0.1, 0.15) is 59.3 Å². The largest absolute Gasteiger partial charge is 0.394 e. The lowest BCUT2D eigenvalue weighted by molar-refractivity contribution is -0.226. The Morgan fingerprint density at radius 1 is 1.10 bits per heavy atom. The Labute approximate surface area is 185 Å². The number of aliphatic hydroxyl groups excluding tert-OH is 4. The van der Waals surface area contributed by atoms with Crippen molar-refractivity contribution in [1.29, 1.82) is 0 Å². The summed E-state index contributed by atoms with van der Waals surface area (Å²) in [4.78, 5) is 0. The zero-order valence-electron chi connectivity index (χ0n) is 19.2. The monoisotopic (exact) mass is 440 g/mol. The Balaban J connectivity index is 1.70. The lowest BCUT2D eigenvalue weighted by Crippen LogP contribution is -2.66. The molecule has 0 saturated heterocycles. The summed E-state index contributed by atoms with van der Waals surface area (Å²) in [7, 11) is 0. The van der Waals surface area contributed by atoms with Gasteiger partial charge in [-0.05, 0) is 73.5 Å². The van der Waals surface area contributed by atoms with Crippen LogP contribution >= 0.6 is 0 Å². The number of hydrogen-bond donors (Lipinski definition) is 5. The van der Waals surface area contributed by atoms with Gasteiger partial charge in [0, 0.05) is 11.3 Å². The first-order valence-electron chi connectivity index (χ1n) is 12.1. The quantitative estimate of drug-likeness (QED) is 0.432. The molecule has 4 aliphatic rings. The summed E-state index contributed by atoms with van der Waals surface area (Å²) >= 11 is 0. The SMILES string of the molecule is C=C1CC2(O)CC(C(O)CO)CC(C)[C@]2(C)[C@@H]2CC[C@]3(C)C(C(O)CO)C(F)C[C@H]3[C@H]12. The lowest BCUT2D eigenvalue weighted by Gasteiger charge is -2.67. The van der Waals surface area contributed by atoms with E-state index in [4.69, 9.17) is 0 Å². The van der Waals surface area contributed by atoms with E-state index in [2.05, 4.69) is 27.4 Å². The van der Waals surface area contributed by atoms with Crippen LogP contribution in [0.25, 0.3) is 0 Å². The number of hydrogen-bond acceptors (Lipinski definition) is 5. The van der Waals surface area contributed by atoms with E-state index in [0.29, 0.717) is 19.3 Å². The van der Waals surface area contributed by atoms with Crippen molar-refractivity contribution in [2.45, 2.75) is 83.3 Å². The van der Waals surface area contributed by atoms with Crippen LogP contribution in [0.4, 0.5) is 4.39 Å². The molecule has 4 saturated carbocycles. The molecule has 31 heavy (non-hydrogen) atoms. The van der Waals surface area contributed by atoms with Crippen LogP contribution in [0.2, 0.25) is 0 Å². The van der Waals surface area contributed by atoms with Crippen LogP contribution < -0.4 is 0 Å². The van der Waals surface area contributed by atoms with E-state index in [-0.39, 0.29) is 41.6 Å². The van der Waals surface area contributed by atoms with E-state index in [9.17, 15) is 25.5 Å². The number of fused-ring (bicyclic) bond motifs is 5. The molecule has 12 atom stereocenters. The lowest BCUT2D eigenvalue weighted by atomic mass is 9.39. The fourth-order valence-electron chi connectivity index (χ4n) is 8.99. The highest BCUT2D eigenvalue weighted by molar-refractivity contribution is 5.27. The van der Waals surface area contributed by atoms with E-state index in [1.165, 1.54) is 0 Å². The maximum absolute atomic E-state index is 15.2. The summed E-state index contributed by atoms with van der Waals surface area (Å²) in [6.07, 6.45) is 0.537. The molecule has 0 aromatic heterocycles. The summed E-state index contributed by atoms with van der Waals surface area (Å²) in [5.74, 6) is -0.297. The van der Waals surface area contributed by atoms with Crippen molar-refractivity contribution in [2.75, 3.05) is 13.2 Å². The van der Waals surface area contributed by atoms with Gasteiger partial charge in [0.25, 0.3) is 0 Å². The first-order chi connectivity index (χ1) is 14.4. The van der Waals surface area contributed by atoms with Crippen LogP contribution in [0.3, 0.4) is 0 Å². The average molecular weight is 441 g/mol. The molecule has 5 N–H and O–H groups in total. The topological polar surface area (TPSA) is 101 Å². The minimum Gasteiger partial charge on any atom is -0.394 e. The fourth-order valence-corrected chi connectivity index (χ4v) is 8.99. The molecule has 178 valence electrons. The molecular weight excluding hydrogens is 399 g/mol. The van der Waals surface area contributed by atoms with E-state index in [0.717, 1.165) is 24.8 Å². The summed E-state index contributed by atoms with van der Waals surface area (Å²) in [5.41, 5.74) is -0.829. The molecule has 4 fully saturated rings. The maximum atomic E-state index is 15.2. The van der Waals surface area contributed by atoms with Gasteiger partial charge in [-0.2, -0.15) is 0 Å². The normalized spacial score (nSPS) is 54.0. The van der Waals surface area contributed by atoms with Crippen molar-refractivity contribution in [3.05, 3.63) is 12.2 Å². The number of halogens is 1. The van der Waals surface area contributed by atoms with Gasteiger partial charge in [0.1, 0.15) is 6.17 Å². The molecule has 0 aliphatic heterocycles. The van der Waals surface area contributed by atoms with Crippen molar-refractivity contribution >= 4 is 0 Å². The molecule has 0 heterocycles. The Morgan fingerprint density at radius 3 is 2.35 bits per heavy atom. The van der Waals surface area contributed by atoms with Gasteiger partial charge in [0.05, 0.1) is 31.0 Å². The number of aliphatic hydroxyl groups is 5. The highest BCUT2D eigenvalue weighted by Crippen LogP contribution is 2.71. The standard InChI is InChI=1S/C25H41FO5/c1-13-9-25(31)10-15(19(29)11-27)7-14(2)24(25,4)16-5-6-23(3)17(21(13)16)8-18(26)22(23)20(30)12-28/h14-22,27-31H,1,5-12H2,2-4H3/t14?,15?,16-,17+,18?,19?,20?,21-,22?,23+,24-,25?/m1/s1. The molecule has 0 bridgehead atoms. The predicted molar refractivity (Wildman–Crippen MR) is 116 cm³/mol. The third-order valence-electron chi connectivity index (χ3n) is 10.7. The van der Waals surface area contributed by atoms with Crippen molar-refractivity contribution in [2.24, 2.45) is 46.3 Å². The highest BCUT2D eigenvalue weighted by atomic mass is 19.1. The van der Waals surface area contributed by atoms with Crippen LogP contribution in [0, 0.1) is 46.3 Å². The number of alkyl halides is 1. The van der Waals surface area contributed by atoms with Gasteiger partial charge in [-0.15, -0.1) is 0 Å². The van der Waals surface area contributed by atoms with Gasteiger partial charge in [-0.3, -0.25) is 0 Å². The van der Waals surface area contributed by atoms with Gasteiger partial charge < -0.3 is 25.5 Å². The zero-order valence-corrected chi connectivity index (χ0v) is 19.2. The molecule has 0 spiro atoms. The third kappa shape index (κ3) is 3.12. The van der Waals surface area contributed by atoms with Crippen molar-refractivity contribution in [3.63, 3.8) is 0 Å². The third-order valence-corrected chi connectivity index (χ3v) is 10.7. The van der Waals surface area contributed by atoms with Crippen molar-refractivity contribution in [3.8, 4) is 0 Å². The van der Waals surface area contributed by atoms with Crippen LogP contribution in [-0.2, 0) is 0 Å². The van der Waals surface area contributed by atoms with E-state index in [1.807, 2.05) is 0 Å².